The van der Waals surface area contributed by atoms with Gasteiger partial charge in [-0.15, -0.1) is 0 Å². The lowest BCUT2D eigenvalue weighted by atomic mass is 10.00. The van der Waals surface area contributed by atoms with Gasteiger partial charge < -0.3 is 14.2 Å². The zero-order valence-corrected chi connectivity index (χ0v) is 39.7. The minimum atomic E-state index is -0.762. The smallest absolute Gasteiger partial charge is 0.306 e. The molecule has 0 spiro atoms. The molecular weight excluding hydrogens is 721 g/mol. The fraction of sp³-hybridized carbons (Fsp3) is 0.942. The summed E-state index contributed by atoms with van der Waals surface area (Å²) in [4.78, 5) is 37.9. The fourth-order valence-electron chi connectivity index (χ4n) is 7.78. The van der Waals surface area contributed by atoms with Crippen LogP contribution in [0.15, 0.2) is 0 Å². The first-order chi connectivity index (χ1) is 28.3. The molecule has 0 heterocycles. The Kier molecular flexibility index (Phi) is 43.7. The summed E-state index contributed by atoms with van der Waals surface area (Å²) in [5.41, 5.74) is 0. The minimum Gasteiger partial charge on any atom is -0.462 e. The highest BCUT2D eigenvalue weighted by Crippen LogP contribution is 2.18. The van der Waals surface area contributed by atoms with Crippen molar-refractivity contribution in [2.24, 2.45) is 11.8 Å². The number of unbranched alkanes of at least 4 members (excludes halogenated alkanes) is 30. The Morgan fingerprint density at radius 1 is 0.362 bits per heavy atom. The van der Waals surface area contributed by atoms with Crippen LogP contribution in [-0.4, -0.2) is 37.2 Å². The Morgan fingerprint density at radius 3 is 0.983 bits per heavy atom. The topological polar surface area (TPSA) is 78.9 Å². The van der Waals surface area contributed by atoms with E-state index in [9.17, 15) is 14.4 Å². The van der Waals surface area contributed by atoms with Crippen LogP contribution in [0.3, 0.4) is 0 Å². The molecule has 0 aromatic carbocycles. The largest absolute Gasteiger partial charge is 0.462 e. The van der Waals surface area contributed by atoms with Gasteiger partial charge in [0.25, 0.3) is 0 Å². The van der Waals surface area contributed by atoms with E-state index in [0.717, 1.165) is 69.6 Å². The van der Waals surface area contributed by atoms with Crippen molar-refractivity contribution in [3.05, 3.63) is 0 Å². The number of carbonyl (C=O) groups excluding carboxylic acids is 3. The molecular formula is C52H100O6. The highest BCUT2D eigenvalue weighted by atomic mass is 16.6. The lowest BCUT2D eigenvalue weighted by molar-refractivity contribution is -0.167. The summed E-state index contributed by atoms with van der Waals surface area (Å²) in [5, 5.41) is 0. The van der Waals surface area contributed by atoms with E-state index in [2.05, 4.69) is 34.6 Å². The second-order valence-corrected chi connectivity index (χ2v) is 18.5. The molecule has 0 amide bonds. The van der Waals surface area contributed by atoms with Gasteiger partial charge in [-0.3, -0.25) is 14.4 Å². The van der Waals surface area contributed by atoms with E-state index in [-0.39, 0.29) is 31.1 Å². The van der Waals surface area contributed by atoms with Crippen LogP contribution in [0.1, 0.15) is 285 Å². The van der Waals surface area contributed by atoms with Gasteiger partial charge in [0.05, 0.1) is 0 Å². The van der Waals surface area contributed by atoms with Gasteiger partial charge in [-0.2, -0.15) is 0 Å². The van der Waals surface area contributed by atoms with Gasteiger partial charge in [-0.25, -0.2) is 0 Å². The number of carbonyl (C=O) groups is 3. The lowest BCUT2D eigenvalue weighted by Crippen LogP contribution is -2.30. The quantitative estimate of drug-likeness (QED) is 0.0346. The second kappa shape index (κ2) is 44.9. The maximum absolute atomic E-state index is 12.8. The van der Waals surface area contributed by atoms with E-state index in [1.54, 1.807) is 0 Å². The van der Waals surface area contributed by atoms with Crippen molar-refractivity contribution in [1.29, 1.82) is 0 Å². The fourth-order valence-corrected chi connectivity index (χ4v) is 7.78. The second-order valence-electron chi connectivity index (χ2n) is 18.5. The summed E-state index contributed by atoms with van der Waals surface area (Å²) in [6.07, 6.45) is 45.2. The van der Waals surface area contributed by atoms with Crippen molar-refractivity contribution >= 4 is 17.9 Å². The van der Waals surface area contributed by atoms with Crippen molar-refractivity contribution in [2.45, 2.75) is 291 Å². The molecule has 2 atom stereocenters. The number of hydrogen-bond donors (Lipinski definition) is 0. The first-order valence-electron chi connectivity index (χ1n) is 25.8. The van der Waals surface area contributed by atoms with Gasteiger partial charge in [0.2, 0.25) is 0 Å². The van der Waals surface area contributed by atoms with E-state index in [4.69, 9.17) is 14.2 Å². The predicted octanol–water partition coefficient (Wildman–Crippen LogP) is 16.5. The highest BCUT2D eigenvalue weighted by molar-refractivity contribution is 5.71. The van der Waals surface area contributed by atoms with E-state index in [0.29, 0.717) is 19.3 Å². The highest BCUT2D eigenvalue weighted by Gasteiger charge is 2.19. The molecule has 344 valence electrons. The van der Waals surface area contributed by atoms with Gasteiger partial charge >= 0.3 is 17.9 Å². The van der Waals surface area contributed by atoms with Crippen molar-refractivity contribution < 1.29 is 28.6 Å². The molecule has 0 saturated heterocycles. The Bertz CT molecular complexity index is 887. The molecule has 0 aromatic rings. The molecule has 0 rings (SSSR count). The zero-order valence-electron chi connectivity index (χ0n) is 39.7. The van der Waals surface area contributed by atoms with Crippen LogP contribution in [-0.2, 0) is 28.6 Å². The van der Waals surface area contributed by atoms with Gasteiger partial charge in [0.15, 0.2) is 6.10 Å². The minimum absolute atomic E-state index is 0.0644. The van der Waals surface area contributed by atoms with Crippen LogP contribution in [0.5, 0.6) is 0 Å². The molecule has 0 radical (unpaired) electrons. The van der Waals surface area contributed by atoms with Gasteiger partial charge in [0, 0.05) is 19.3 Å². The van der Waals surface area contributed by atoms with Crippen molar-refractivity contribution in [3.63, 3.8) is 0 Å². The van der Waals surface area contributed by atoms with Gasteiger partial charge in [-0.1, -0.05) is 247 Å². The van der Waals surface area contributed by atoms with Crippen molar-refractivity contribution in [3.8, 4) is 0 Å². The molecule has 0 N–H and O–H groups in total. The molecule has 0 aliphatic carbocycles. The van der Waals surface area contributed by atoms with Gasteiger partial charge in [-0.05, 0) is 31.1 Å². The summed E-state index contributed by atoms with van der Waals surface area (Å²) < 4.78 is 16.8. The van der Waals surface area contributed by atoms with Crippen LogP contribution in [0, 0.1) is 11.8 Å². The monoisotopic (exact) mass is 821 g/mol. The number of ether oxygens (including phenoxy) is 3. The standard InChI is InChI=1S/C52H100O6/c1-6-8-9-10-11-12-13-14-15-16-21-24-27-34-39-44-52(55)58-49(46-57-51(54)43-38-33-29-28-31-36-41-48(5)7-2)45-56-50(53)42-37-32-26-23-20-18-17-19-22-25-30-35-40-47(3)4/h47-49H,6-46H2,1-5H3/t48?,49-/m1/s1. The van der Waals surface area contributed by atoms with E-state index < -0.39 is 6.10 Å². The molecule has 0 aliphatic rings. The Balaban J connectivity index is 4.30. The third kappa shape index (κ3) is 44.0. The molecule has 0 fully saturated rings. The van der Waals surface area contributed by atoms with Crippen molar-refractivity contribution in [1.82, 2.24) is 0 Å². The van der Waals surface area contributed by atoms with E-state index in [1.165, 1.54) is 173 Å². The molecule has 0 bridgehead atoms. The number of rotatable bonds is 46. The predicted molar refractivity (Wildman–Crippen MR) is 247 cm³/mol. The van der Waals surface area contributed by atoms with Gasteiger partial charge in [0.1, 0.15) is 13.2 Å². The molecule has 0 aliphatic heterocycles. The Labute approximate surface area is 361 Å². The Morgan fingerprint density at radius 2 is 0.655 bits per heavy atom. The van der Waals surface area contributed by atoms with Crippen LogP contribution in [0.25, 0.3) is 0 Å². The maximum atomic E-state index is 12.8. The maximum Gasteiger partial charge on any atom is 0.306 e. The third-order valence-corrected chi connectivity index (χ3v) is 12.1. The van der Waals surface area contributed by atoms with Crippen LogP contribution >= 0.6 is 0 Å². The van der Waals surface area contributed by atoms with Crippen LogP contribution in [0.4, 0.5) is 0 Å². The van der Waals surface area contributed by atoms with E-state index >= 15 is 0 Å². The molecule has 0 aromatic heterocycles. The van der Waals surface area contributed by atoms with E-state index in [1.807, 2.05) is 0 Å². The summed E-state index contributed by atoms with van der Waals surface area (Å²) in [6.45, 7) is 11.3. The molecule has 1 unspecified atom stereocenters. The lowest BCUT2D eigenvalue weighted by Gasteiger charge is -2.18. The van der Waals surface area contributed by atoms with Crippen molar-refractivity contribution in [2.75, 3.05) is 13.2 Å². The third-order valence-electron chi connectivity index (χ3n) is 12.1. The molecule has 0 saturated carbocycles. The molecule has 6 heteroatoms. The average Bonchev–Trinajstić information content (AvgIpc) is 3.21. The summed E-state index contributed by atoms with van der Waals surface area (Å²) >= 11 is 0. The molecule has 6 nitrogen and oxygen atoms in total. The first kappa shape index (κ1) is 56.4. The number of esters is 3. The average molecular weight is 821 g/mol. The normalized spacial score (nSPS) is 12.5. The van der Waals surface area contributed by atoms with Crippen LogP contribution in [0.2, 0.25) is 0 Å². The summed E-state index contributed by atoms with van der Waals surface area (Å²) in [5.74, 6) is 0.797. The first-order valence-corrected chi connectivity index (χ1v) is 25.8. The summed E-state index contributed by atoms with van der Waals surface area (Å²) in [7, 11) is 0. The SMILES string of the molecule is CCCCCCCCCCCCCCCCCC(=O)O[C@H](COC(=O)CCCCCCCCCCCCCCC(C)C)COC(=O)CCCCCCCCC(C)CC. The molecule has 58 heavy (non-hydrogen) atoms. The number of hydrogen-bond acceptors (Lipinski definition) is 6. The van der Waals surface area contributed by atoms with Crippen LogP contribution < -0.4 is 0 Å². The zero-order chi connectivity index (χ0) is 42.6. The Hall–Kier alpha value is -1.59. The summed E-state index contributed by atoms with van der Waals surface area (Å²) in [6, 6.07) is 0.